The lowest BCUT2D eigenvalue weighted by molar-refractivity contribution is 0.171. The zero-order valence-corrected chi connectivity index (χ0v) is 14.0. The SMILES string of the molecule is O=S(=O)(NNC=Nc1ccc2c(c1)OCCO2)c1ccc(Cl)cc1. The maximum atomic E-state index is 12.0. The molecule has 0 spiro atoms. The van der Waals surface area contributed by atoms with Gasteiger partial charge in [0.15, 0.2) is 11.5 Å². The summed E-state index contributed by atoms with van der Waals surface area (Å²) in [7, 11) is -3.70. The molecule has 126 valence electrons. The number of aliphatic imine (C=N–C) groups is 1. The van der Waals surface area contributed by atoms with Crippen LogP contribution >= 0.6 is 11.6 Å². The first-order valence-electron chi connectivity index (χ1n) is 7.00. The first-order valence-corrected chi connectivity index (χ1v) is 8.86. The largest absolute Gasteiger partial charge is 0.486 e. The van der Waals surface area contributed by atoms with E-state index in [0.717, 1.165) is 0 Å². The van der Waals surface area contributed by atoms with Crippen LogP contribution in [0.1, 0.15) is 0 Å². The molecule has 0 saturated heterocycles. The van der Waals surface area contributed by atoms with Crippen molar-refractivity contribution in [2.24, 2.45) is 4.99 Å². The number of hydrazine groups is 1. The van der Waals surface area contributed by atoms with Crippen molar-refractivity contribution in [2.45, 2.75) is 4.90 Å². The number of halogens is 1. The number of rotatable bonds is 5. The predicted octanol–water partition coefficient (Wildman–Crippen LogP) is 2.25. The molecule has 0 fully saturated rings. The Morgan fingerprint density at radius 2 is 1.75 bits per heavy atom. The van der Waals surface area contributed by atoms with Crippen LogP contribution in [0.3, 0.4) is 0 Å². The van der Waals surface area contributed by atoms with E-state index in [4.69, 9.17) is 21.1 Å². The second-order valence-electron chi connectivity index (χ2n) is 4.79. The maximum Gasteiger partial charge on any atom is 0.257 e. The van der Waals surface area contributed by atoms with Gasteiger partial charge in [-0.05, 0) is 36.4 Å². The van der Waals surface area contributed by atoms with Crippen LogP contribution in [-0.2, 0) is 10.0 Å². The van der Waals surface area contributed by atoms with Gasteiger partial charge in [-0.1, -0.05) is 11.6 Å². The van der Waals surface area contributed by atoms with Crippen molar-refractivity contribution in [3.05, 3.63) is 47.5 Å². The van der Waals surface area contributed by atoms with Crippen LogP contribution in [-0.4, -0.2) is 28.0 Å². The fourth-order valence-electron chi connectivity index (χ4n) is 2.00. The highest BCUT2D eigenvalue weighted by Gasteiger charge is 2.13. The molecule has 0 atom stereocenters. The lowest BCUT2D eigenvalue weighted by Gasteiger charge is -2.18. The molecule has 2 aromatic rings. The number of nitrogens with zero attached hydrogens (tertiary/aromatic N) is 1. The van der Waals surface area contributed by atoms with Crippen LogP contribution in [0.5, 0.6) is 11.5 Å². The molecule has 0 unspecified atom stereocenters. The molecule has 9 heteroatoms. The van der Waals surface area contributed by atoms with E-state index in [2.05, 4.69) is 15.2 Å². The third-order valence-electron chi connectivity index (χ3n) is 3.12. The second kappa shape index (κ2) is 7.08. The van der Waals surface area contributed by atoms with E-state index >= 15 is 0 Å². The predicted molar refractivity (Wildman–Crippen MR) is 90.5 cm³/mol. The van der Waals surface area contributed by atoms with E-state index < -0.39 is 10.0 Å². The Kier molecular flexibility index (Phi) is 4.89. The standard InChI is InChI=1S/C15H14ClN3O4S/c16-11-1-4-13(5-2-11)24(20,21)19-18-10-17-12-3-6-14-15(9-12)23-8-7-22-14/h1-6,9-10,19H,7-8H2,(H,17,18). The number of hydrogen-bond acceptors (Lipinski definition) is 5. The van der Waals surface area contributed by atoms with Crippen molar-refractivity contribution in [1.82, 2.24) is 10.3 Å². The molecular formula is C15H14ClN3O4S. The number of benzene rings is 2. The average molecular weight is 368 g/mol. The molecule has 7 nitrogen and oxygen atoms in total. The van der Waals surface area contributed by atoms with Crippen LogP contribution in [0.4, 0.5) is 5.69 Å². The number of hydrogen-bond donors (Lipinski definition) is 2. The lowest BCUT2D eigenvalue weighted by Crippen LogP contribution is -2.36. The van der Waals surface area contributed by atoms with Crippen LogP contribution in [0, 0.1) is 0 Å². The zero-order valence-electron chi connectivity index (χ0n) is 12.4. The van der Waals surface area contributed by atoms with Crippen molar-refractivity contribution in [2.75, 3.05) is 13.2 Å². The third-order valence-corrected chi connectivity index (χ3v) is 4.65. The van der Waals surface area contributed by atoms with Gasteiger partial charge in [0.25, 0.3) is 10.0 Å². The zero-order chi connectivity index (χ0) is 17.0. The highest BCUT2D eigenvalue weighted by atomic mass is 35.5. The summed E-state index contributed by atoms with van der Waals surface area (Å²) in [5.74, 6) is 1.27. The minimum atomic E-state index is -3.70. The Bertz CT molecular complexity index is 854. The quantitative estimate of drug-likeness (QED) is 0.480. The lowest BCUT2D eigenvalue weighted by atomic mass is 10.2. The van der Waals surface area contributed by atoms with Gasteiger partial charge >= 0.3 is 0 Å². The van der Waals surface area contributed by atoms with Gasteiger partial charge < -0.3 is 9.47 Å². The van der Waals surface area contributed by atoms with Gasteiger partial charge in [0, 0.05) is 11.1 Å². The summed E-state index contributed by atoms with van der Waals surface area (Å²) in [5, 5.41) is 0.460. The molecule has 0 amide bonds. The van der Waals surface area contributed by atoms with E-state index in [-0.39, 0.29) is 4.90 Å². The van der Waals surface area contributed by atoms with Gasteiger partial charge in [-0.2, -0.15) is 0 Å². The topological polar surface area (TPSA) is 89.0 Å². The Morgan fingerprint density at radius 1 is 1.04 bits per heavy atom. The normalized spacial score (nSPS) is 13.9. The summed E-state index contributed by atoms with van der Waals surface area (Å²) < 4.78 is 34.9. The van der Waals surface area contributed by atoms with Crippen molar-refractivity contribution in [3.63, 3.8) is 0 Å². The summed E-state index contributed by atoms with van der Waals surface area (Å²) in [6.07, 6.45) is 1.23. The molecule has 0 radical (unpaired) electrons. The molecule has 0 aromatic heterocycles. The van der Waals surface area contributed by atoms with Gasteiger partial charge in [0.1, 0.15) is 19.6 Å². The fourth-order valence-corrected chi connectivity index (χ4v) is 2.94. The van der Waals surface area contributed by atoms with E-state index in [1.54, 1.807) is 18.2 Å². The molecule has 2 aromatic carbocycles. The number of nitrogens with one attached hydrogen (secondary N) is 2. The van der Waals surface area contributed by atoms with Crippen LogP contribution in [0.25, 0.3) is 0 Å². The van der Waals surface area contributed by atoms with E-state index in [0.29, 0.717) is 35.4 Å². The van der Waals surface area contributed by atoms with E-state index in [1.165, 1.54) is 30.6 Å². The third kappa shape index (κ3) is 3.97. The number of ether oxygens (including phenoxy) is 2. The Labute approximate surface area is 144 Å². The minimum absolute atomic E-state index is 0.0899. The molecular weight excluding hydrogens is 354 g/mol. The van der Waals surface area contributed by atoms with Crippen molar-refractivity contribution in [1.29, 1.82) is 0 Å². The van der Waals surface area contributed by atoms with Gasteiger partial charge in [0.2, 0.25) is 0 Å². The molecule has 24 heavy (non-hydrogen) atoms. The molecule has 1 aliphatic heterocycles. The molecule has 1 aliphatic rings. The summed E-state index contributed by atoms with van der Waals surface area (Å²) in [5.41, 5.74) is 3.03. The molecule has 0 bridgehead atoms. The van der Waals surface area contributed by atoms with Gasteiger partial charge in [0.05, 0.1) is 10.6 Å². The highest BCUT2D eigenvalue weighted by Crippen LogP contribution is 2.33. The second-order valence-corrected chi connectivity index (χ2v) is 6.91. The molecule has 3 rings (SSSR count). The monoisotopic (exact) mass is 367 g/mol. The highest BCUT2D eigenvalue weighted by molar-refractivity contribution is 7.89. The van der Waals surface area contributed by atoms with Gasteiger partial charge in [-0.15, -0.1) is 4.83 Å². The van der Waals surface area contributed by atoms with Gasteiger partial charge in [-0.3, -0.25) is 5.43 Å². The molecule has 0 aliphatic carbocycles. The minimum Gasteiger partial charge on any atom is -0.486 e. The summed E-state index contributed by atoms with van der Waals surface area (Å²) in [4.78, 5) is 6.40. The first-order chi connectivity index (χ1) is 11.5. The molecule has 0 saturated carbocycles. The molecule has 2 N–H and O–H groups in total. The Hall–Kier alpha value is -2.29. The summed E-state index contributed by atoms with van der Waals surface area (Å²) >= 11 is 5.74. The smallest absolute Gasteiger partial charge is 0.257 e. The van der Waals surface area contributed by atoms with Crippen LogP contribution < -0.4 is 19.7 Å². The van der Waals surface area contributed by atoms with Gasteiger partial charge in [-0.25, -0.2) is 13.4 Å². The van der Waals surface area contributed by atoms with E-state index in [1.807, 2.05) is 0 Å². The Morgan fingerprint density at radius 3 is 2.50 bits per heavy atom. The van der Waals surface area contributed by atoms with Crippen LogP contribution in [0.2, 0.25) is 5.02 Å². The fraction of sp³-hybridized carbons (Fsp3) is 0.133. The van der Waals surface area contributed by atoms with E-state index in [9.17, 15) is 8.42 Å². The van der Waals surface area contributed by atoms with Crippen molar-refractivity contribution >= 4 is 33.7 Å². The number of sulfonamides is 1. The Balaban J connectivity index is 1.61. The first kappa shape index (κ1) is 16.6. The van der Waals surface area contributed by atoms with Crippen molar-refractivity contribution in [3.8, 4) is 11.5 Å². The summed E-state index contributed by atoms with van der Waals surface area (Å²) in [6, 6.07) is 11.0. The summed E-state index contributed by atoms with van der Waals surface area (Å²) in [6.45, 7) is 1.00. The average Bonchev–Trinajstić information content (AvgIpc) is 2.59. The van der Waals surface area contributed by atoms with Crippen molar-refractivity contribution < 1.29 is 17.9 Å². The number of fused-ring (bicyclic) bond motifs is 1. The van der Waals surface area contributed by atoms with Crippen LogP contribution in [0.15, 0.2) is 52.4 Å². The maximum absolute atomic E-state index is 12.0. The molecule has 1 heterocycles.